The molecule has 3 N–H and O–H groups in total. The molecule has 266 valence electrons. The van der Waals surface area contributed by atoms with Crippen LogP contribution < -0.4 is 0 Å². The number of aliphatic hydroxyl groups excluding tert-OH is 2. The van der Waals surface area contributed by atoms with Gasteiger partial charge in [-0.2, -0.15) is 0 Å². The van der Waals surface area contributed by atoms with Gasteiger partial charge in [-0.3, -0.25) is 4.98 Å². The topological polar surface area (TPSA) is 73.6 Å². The van der Waals surface area contributed by atoms with Gasteiger partial charge in [-0.25, -0.2) is 0 Å². The van der Waals surface area contributed by atoms with Gasteiger partial charge in [-0.05, 0) is 6.92 Å². The van der Waals surface area contributed by atoms with Gasteiger partial charge in [-0.1, -0.05) is 0 Å². The lowest BCUT2D eigenvalue weighted by molar-refractivity contribution is 0.254. The lowest BCUT2D eigenvalue weighted by Crippen LogP contribution is -1.98. The van der Waals surface area contributed by atoms with Crippen LogP contribution in [0.5, 0.6) is 5.75 Å². The molecule has 29 heteroatoms. The van der Waals surface area contributed by atoms with Crippen molar-refractivity contribution in [1.29, 1.82) is 0 Å². The first-order valence-corrected chi connectivity index (χ1v) is 3.58. The highest BCUT2D eigenvalue weighted by Gasteiger charge is 2.09. The van der Waals surface area contributed by atoms with Crippen LogP contribution in [0, 0.1) is 6.92 Å². The number of nitrogens with zero attached hydrogens (tertiary/aromatic N) is 1. The number of rotatable bonds is 2. The summed E-state index contributed by atoms with van der Waals surface area (Å²) in [6.45, 7) is 1.12. The van der Waals surface area contributed by atoms with Crippen molar-refractivity contribution in [1.82, 2.24) is 4.98 Å². The number of aliphatic hydroxyl groups is 2. The SMILES string of the molecule is Cc1ncc(CO)c(CO)c1O.Cl.Cl.Cl.Cl.Cl.Cl.Cl.Cl.Cl.Cl.Cl.Cl.Cl.Cl.Cl.Cl.Cl.Cl.Cl.Cl.Cl.Cl.Cl.Cl.Cl. The molecule has 0 aliphatic rings. The van der Waals surface area contributed by atoms with Crippen molar-refractivity contribution < 1.29 is 15.3 Å². The zero-order valence-electron chi connectivity index (χ0n) is 17.0. The Morgan fingerprint density at radius 2 is 0.676 bits per heavy atom. The van der Waals surface area contributed by atoms with Crippen LogP contribution in [0.1, 0.15) is 16.8 Å². The molecule has 1 aromatic rings. The number of aryl methyl sites for hydroxylation is 1. The van der Waals surface area contributed by atoms with Crippen LogP contribution in [0.4, 0.5) is 0 Å². The van der Waals surface area contributed by atoms with E-state index in [4.69, 9.17) is 10.2 Å². The summed E-state index contributed by atoms with van der Waals surface area (Å²) >= 11 is 0. The minimum atomic E-state index is -0.287. The van der Waals surface area contributed by atoms with Gasteiger partial charge in [0.2, 0.25) is 0 Å². The van der Waals surface area contributed by atoms with E-state index in [2.05, 4.69) is 4.98 Å². The molecule has 0 aliphatic carbocycles. The molecule has 1 rings (SSSR count). The number of aromatic nitrogens is 1. The fourth-order valence-electron chi connectivity index (χ4n) is 0.997. The Morgan fingerprint density at radius 3 is 0.838 bits per heavy atom. The zero-order valence-corrected chi connectivity index (χ0v) is 37.4. The Balaban J connectivity index is -0.00000000250. The summed E-state index contributed by atoms with van der Waals surface area (Å²) in [5, 5.41) is 27.0. The van der Waals surface area contributed by atoms with Crippen LogP contribution in [0.3, 0.4) is 0 Å². The fraction of sp³-hybridized carbons (Fsp3) is 0.375. The van der Waals surface area contributed by atoms with E-state index in [1.54, 1.807) is 6.92 Å². The molecule has 0 aromatic carbocycles. The summed E-state index contributed by atoms with van der Waals surface area (Å²) in [5.74, 6) is -0.0379. The van der Waals surface area contributed by atoms with E-state index in [1.807, 2.05) is 0 Å². The number of halogens is 25. The van der Waals surface area contributed by atoms with Gasteiger partial charge in [0, 0.05) is 17.3 Å². The Bertz CT molecular complexity index is 320. The van der Waals surface area contributed by atoms with Crippen LogP contribution in [-0.4, -0.2) is 20.3 Å². The minimum absolute atomic E-state index is 0. The second-order valence-electron chi connectivity index (χ2n) is 2.51. The fourth-order valence-corrected chi connectivity index (χ4v) is 0.997. The van der Waals surface area contributed by atoms with E-state index in [0.717, 1.165) is 0 Å². The van der Waals surface area contributed by atoms with E-state index in [0.29, 0.717) is 16.8 Å². The van der Waals surface area contributed by atoms with Gasteiger partial charge in [0.15, 0.2) is 0 Å². The molecule has 0 fully saturated rings. The molecule has 1 aromatic heterocycles. The average molecular weight is 1080 g/mol. The summed E-state index contributed by atoms with van der Waals surface area (Å²) < 4.78 is 0. The lowest BCUT2D eigenvalue weighted by Gasteiger charge is -2.07. The monoisotopic (exact) mass is 1070 g/mol. The number of aromatic hydroxyl groups is 1. The second-order valence-corrected chi connectivity index (χ2v) is 2.51. The molecule has 0 saturated carbocycles. The van der Waals surface area contributed by atoms with Gasteiger partial charge in [-0.15, -0.1) is 310 Å². The minimum Gasteiger partial charge on any atom is -0.506 e. The molecule has 4 nitrogen and oxygen atoms in total. The molecular weight excluding hydrogens is 1040 g/mol. The van der Waals surface area contributed by atoms with Gasteiger partial charge in [0.1, 0.15) is 5.75 Å². The molecule has 0 bridgehead atoms. The predicted molar refractivity (Wildman–Crippen MR) is 224 cm³/mol. The molecule has 0 aliphatic heterocycles. The van der Waals surface area contributed by atoms with E-state index < -0.39 is 0 Å². The van der Waals surface area contributed by atoms with E-state index in [-0.39, 0.29) is 329 Å². The predicted octanol–water partition coefficient (Wildman–Crippen LogP) is 10.6. The standard InChI is InChI=1S/C8H11NO3.25ClH/c1-5-8(12)7(4-11)6(3-10)2-9-5;;;;;;;;;;;;;;;;;;;;;;;;;/h2,10-12H,3-4H2,1H3;25*1H. The van der Waals surface area contributed by atoms with Crippen LogP contribution in [-0.2, 0) is 13.2 Å². The Morgan fingerprint density at radius 1 is 0.459 bits per heavy atom. The van der Waals surface area contributed by atoms with Crippen molar-refractivity contribution in [3.05, 3.63) is 23.0 Å². The zero-order chi connectivity index (χ0) is 9.14. The molecule has 0 radical (unpaired) electrons. The molecule has 1 heterocycles. The molecule has 0 atom stereocenters. The summed E-state index contributed by atoms with van der Waals surface area (Å²) in [6.07, 6.45) is 1.45. The van der Waals surface area contributed by atoms with Crippen LogP contribution in [0.25, 0.3) is 0 Å². The lowest BCUT2D eigenvalue weighted by atomic mass is 10.1. The number of pyridine rings is 1. The van der Waals surface area contributed by atoms with Crippen molar-refractivity contribution in [2.24, 2.45) is 0 Å². The van der Waals surface area contributed by atoms with Gasteiger partial charge in [0.05, 0.1) is 18.9 Å². The van der Waals surface area contributed by atoms with Crippen molar-refractivity contribution in [2.75, 3.05) is 0 Å². The molecule has 0 spiro atoms. The van der Waals surface area contributed by atoms with Gasteiger partial charge >= 0.3 is 0 Å². The molecule has 0 saturated heterocycles. The quantitative estimate of drug-likeness (QED) is 0.276. The smallest absolute Gasteiger partial charge is 0.142 e. The van der Waals surface area contributed by atoms with Crippen LogP contribution in [0.2, 0.25) is 0 Å². The summed E-state index contributed by atoms with van der Waals surface area (Å²) in [4.78, 5) is 3.84. The third-order valence-electron chi connectivity index (χ3n) is 1.76. The maximum atomic E-state index is 9.38. The maximum absolute atomic E-state index is 9.38. The first-order chi connectivity index (χ1) is 5.70. The molecular formula is C8H36Cl25NO3. The first kappa shape index (κ1) is 233. The molecule has 0 unspecified atom stereocenters. The van der Waals surface area contributed by atoms with Crippen molar-refractivity contribution in [3.63, 3.8) is 0 Å². The average Bonchev–Trinajstić information content (AvgIpc) is 2.09. The van der Waals surface area contributed by atoms with Crippen molar-refractivity contribution in [3.8, 4) is 5.75 Å². The molecule has 37 heavy (non-hydrogen) atoms. The van der Waals surface area contributed by atoms with Gasteiger partial charge < -0.3 is 15.3 Å². The van der Waals surface area contributed by atoms with E-state index in [9.17, 15) is 5.11 Å². The highest BCUT2D eigenvalue weighted by atomic mass is 35.5. The number of hydrogen-bond acceptors (Lipinski definition) is 4. The summed E-state index contributed by atoms with van der Waals surface area (Å²) in [7, 11) is 0. The Labute approximate surface area is 374 Å². The second kappa shape index (κ2) is 146. The van der Waals surface area contributed by atoms with E-state index >= 15 is 0 Å². The summed E-state index contributed by atoms with van der Waals surface area (Å²) in [6, 6.07) is 0. The Hall–Kier alpha value is 6.12. The first-order valence-electron chi connectivity index (χ1n) is 3.58. The number of hydrogen-bond donors (Lipinski definition) is 3. The molecule has 0 amide bonds. The highest BCUT2D eigenvalue weighted by molar-refractivity contribution is 5.88. The van der Waals surface area contributed by atoms with Crippen LogP contribution in [0.15, 0.2) is 6.20 Å². The van der Waals surface area contributed by atoms with Crippen LogP contribution >= 0.6 is 310 Å². The third-order valence-corrected chi connectivity index (χ3v) is 1.76. The third kappa shape index (κ3) is 92.2. The van der Waals surface area contributed by atoms with Gasteiger partial charge in [0.25, 0.3) is 0 Å². The Kier molecular flexibility index (Phi) is 917. The van der Waals surface area contributed by atoms with E-state index in [1.165, 1.54) is 6.20 Å². The highest BCUT2D eigenvalue weighted by Crippen LogP contribution is 2.23. The van der Waals surface area contributed by atoms with Crippen molar-refractivity contribution >= 4 is 310 Å². The summed E-state index contributed by atoms with van der Waals surface area (Å²) in [5.41, 5.74) is 1.27. The maximum Gasteiger partial charge on any atom is 0.142 e. The normalized spacial score (nSPS) is 3.32. The van der Waals surface area contributed by atoms with Crippen molar-refractivity contribution in [2.45, 2.75) is 20.1 Å². The largest absolute Gasteiger partial charge is 0.506 e.